The predicted octanol–water partition coefficient (Wildman–Crippen LogP) is 13.5. The lowest BCUT2D eigenvalue weighted by atomic mass is 9.98. The molecule has 5 heteroatoms. The first-order valence-corrected chi connectivity index (χ1v) is 19.0. The molecule has 0 aliphatic carbocycles. The van der Waals surface area contributed by atoms with E-state index < -0.39 is 0 Å². The molecule has 0 unspecified atom stereocenters. The first-order valence-electron chi connectivity index (χ1n) is 19.0. The number of hydrogen-bond acceptors (Lipinski definition) is 5. The molecule has 57 heavy (non-hydrogen) atoms. The minimum Gasteiger partial charge on any atom is -0.436 e. The van der Waals surface area contributed by atoms with Crippen LogP contribution >= 0.6 is 0 Å². The third-order valence-electron chi connectivity index (χ3n) is 10.7. The zero-order chi connectivity index (χ0) is 37.7. The Morgan fingerprint density at radius 1 is 0.351 bits per heavy atom. The smallest absolute Gasteiger partial charge is 0.227 e. The van der Waals surface area contributed by atoms with E-state index in [1.54, 1.807) is 0 Å². The SMILES string of the molecule is c1ccc(-c2cc(-c3ccc(-c4nc5ccccc5c5c4ccc4oc(-c6ccc(-c7ccc8ccccc8c7)cc6)nc45)cc3)nc(-c3ccccc3)n2)cc1. The number of aromatic nitrogens is 4. The van der Waals surface area contributed by atoms with E-state index in [1.807, 2.05) is 60.7 Å². The van der Waals surface area contributed by atoms with Gasteiger partial charge in [-0.2, -0.15) is 0 Å². The Bertz CT molecular complexity index is 3210. The van der Waals surface area contributed by atoms with E-state index >= 15 is 0 Å². The number of rotatable bonds is 6. The molecule has 0 saturated carbocycles. The van der Waals surface area contributed by atoms with Crippen LogP contribution in [0.3, 0.4) is 0 Å². The molecule has 11 aromatic rings. The quantitative estimate of drug-likeness (QED) is 0.160. The summed E-state index contributed by atoms with van der Waals surface area (Å²) in [4.78, 5) is 20.4. The lowest BCUT2D eigenvalue weighted by Gasteiger charge is -2.12. The number of oxazole rings is 1. The van der Waals surface area contributed by atoms with Gasteiger partial charge in [0.25, 0.3) is 0 Å². The molecule has 0 atom stereocenters. The summed E-state index contributed by atoms with van der Waals surface area (Å²) in [6.45, 7) is 0. The standard InChI is InChI=1S/C52H32N4O/c1-3-12-35(13-4-1)45-32-46(55-51(54-45)38-14-5-2-6-15-38)36-22-24-37(25-23-36)49-43-29-30-47-50(48(43)42-17-9-10-18-44(42)53-49)56-52(57-47)39-26-19-34(20-27-39)41-28-21-33-11-7-8-16-40(33)31-41/h1-32H. The Kier molecular flexibility index (Phi) is 7.74. The zero-order valence-corrected chi connectivity index (χ0v) is 30.7. The van der Waals surface area contributed by atoms with Crippen LogP contribution < -0.4 is 0 Å². The Labute approximate surface area is 328 Å². The van der Waals surface area contributed by atoms with Crippen molar-refractivity contribution in [2.24, 2.45) is 0 Å². The van der Waals surface area contributed by atoms with Gasteiger partial charge in [0, 0.05) is 44.0 Å². The molecule has 3 aromatic heterocycles. The van der Waals surface area contributed by atoms with Crippen LogP contribution in [0.1, 0.15) is 0 Å². The molecule has 0 amide bonds. The maximum Gasteiger partial charge on any atom is 0.227 e. The van der Waals surface area contributed by atoms with Crippen LogP contribution in [-0.2, 0) is 0 Å². The van der Waals surface area contributed by atoms with E-state index in [-0.39, 0.29) is 0 Å². The van der Waals surface area contributed by atoms with Crippen molar-refractivity contribution < 1.29 is 4.42 Å². The molecule has 11 rings (SSSR count). The summed E-state index contributed by atoms with van der Waals surface area (Å²) >= 11 is 0. The molecule has 0 aliphatic heterocycles. The summed E-state index contributed by atoms with van der Waals surface area (Å²) in [6, 6.07) is 66.8. The number of para-hydroxylation sites is 1. The van der Waals surface area contributed by atoms with E-state index in [0.717, 1.165) is 83.2 Å². The van der Waals surface area contributed by atoms with Gasteiger partial charge >= 0.3 is 0 Å². The Morgan fingerprint density at radius 3 is 1.72 bits per heavy atom. The van der Waals surface area contributed by atoms with Gasteiger partial charge in [0.15, 0.2) is 11.4 Å². The summed E-state index contributed by atoms with van der Waals surface area (Å²) in [5.41, 5.74) is 12.3. The minimum absolute atomic E-state index is 0.587. The fraction of sp³-hybridized carbons (Fsp3) is 0. The van der Waals surface area contributed by atoms with Crippen molar-refractivity contribution >= 4 is 43.5 Å². The molecule has 0 spiro atoms. The Balaban J connectivity index is 0.988. The van der Waals surface area contributed by atoms with Gasteiger partial charge in [0.05, 0.1) is 22.6 Å². The Morgan fingerprint density at radius 2 is 0.947 bits per heavy atom. The lowest BCUT2D eigenvalue weighted by Crippen LogP contribution is -1.96. The van der Waals surface area contributed by atoms with Crippen molar-refractivity contribution in [2.45, 2.75) is 0 Å². The number of hydrogen-bond donors (Lipinski definition) is 0. The van der Waals surface area contributed by atoms with Gasteiger partial charge in [-0.25, -0.2) is 19.9 Å². The number of pyridine rings is 1. The van der Waals surface area contributed by atoms with Crippen molar-refractivity contribution in [2.75, 3.05) is 0 Å². The number of fused-ring (bicyclic) bond motifs is 6. The van der Waals surface area contributed by atoms with Crippen molar-refractivity contribution in [1.82, 2.24) is 19.9 Å². The van der Waals surface area contributed by atoms with Gasteiger partial charge in [-0.3, -0.25) is 0 Å². The van der Waals surface area contributed by atoms with Crippen LogP contribution in [0, 0.1) is 0 Å². The van der Waals surface area contributed by atoms with E-state index in [0.29, 0.717) is 11.7 Å². The van der Waals surface area contributed by atoms with Crippen molar-refractivity contribution in [1.29, 1.82) is 0 Å². The second-order valence-corrected chi connectivity index (χ2v) is 14.2. The zero-order valence-electron chi connectivity index (χ0n) is 30.7. The average Bonchev–Trinajstić information content (AvgIpc) is 3.74. The summed E-state index contributed by atoms with van der Waals surface area (Å²) < 4.78 is 6.46. The van der Waals surface area contributed by atoms with Crippen molar-refractivity contribution in [3.63, 3.8) is 0 Å². The van der Waals surface area contributed by atoms with Crippen LogP contribution in [0.25, 0.3) is 111 Å². The highest BCUT2D eigenvalue weighted by atomic mass is 16.3. The Hall–Kier alpha value is -7.76. The molecule has 0 aliphatic rings. The topological polar surface area (TPSA) is 64.7 Å². The average molecular weight is 729 g/mol. The highest BCUT2D eigenvalue weighted by Crippen LogP contribution is 2.39. The van der Waals surface area contributed by atoms with Gasteiger partial charge in [-0.05, 0) is 64.4 Å². The molecule has 0 N–H and O–H groups in total. The van der Waals surface area contributed by atoms with E-state index in [2.05, 4.69) is 133 Å². The molecule has 0 bridgehead atoms. The number of nitrogens with zero attached hydrogens (tertiary/aromatic N) is 4. The van der Waals surface area contributed by atoms with Gasteiger partial charge in [0.1, 0.15) is 5.52 Å². The second kappa shape index (κ2) is 13.5. The predicted molar refractivity (Wildman–Crippen MR) is 233 cm³/mol. The molecule has 0 fully saturated rings. The monoisotopic (exact) mass is 728 g/mol. The summed E-state index contributed by atoms with van der Waals surface area (Å²) in [5.74, 6) is 1.28. The molecule has 0 saturated heterocycles. The fourth-order valence-electron chi connectivity index (χ4n) is 7.81. The van der Waals surface area contributed by atoms with Gasteiger partial charge in [-0.1, -0.05) is 152 Å². The third-order valence-corrected chi connectivity index (χ3v) is 10.7. The molecular weight excluding hydrogens is 697 g/mol. The highest BCUT2D eigenvalue weighted by Gasteiger charge is 2.18. The van der Waals surface area contributed by atoms with E-state index in [9.17, 15) is 0 Å². The number of benzene rings is 8. The second-order valence-electron chi connectivity index (χ2n) is 14.2. The van der Waals surface area contributed by atoms with Crippen LogP contribution in [0.2, 0.25) is 0 Å². The third kappa shape index (κ3) is 5.90. The van der Waals surface area contributed by atoms with Crippen molar-refractivity contribution in [3.8, 4) is 67.7 Å². The highest BCUT2D eigenvalue weighted by molar-refractivity contribution is 6.20. The first kappa shape index (κ1) is 32.7. The maximum absolute atomic E-state index is 6.46. The van der Waals surface area contributed by atoms with Crippen LogP contribution in [0.15, 0.2) is 199 Å². The molecule has 266 valence electrons. The summed E-state index contributed by atoms with van der Waals surface area (Å²) in [6.07, 6.45) is 0. The maximum atomic E-state index is 6.46. The molecule has 3 heterocycles. The van der Waals surface area contributed by atoms with E-state index in [4.69, 9.17) is 24.4 Å². The molecule has 0 radical (unpaired) electrons. The largest absolute Gasteiger partial charge is 0.436 e. The normalized spacial score (nSPS) is 11.5. The van der Waals surface area contributed by atoms with Gasteiger partial charge < -0.3 is 4.42 Å². The van der Waals surface area contributed by atoms with Gasteiger partial charge in [0.2, 0.25) is 5.89 Å². The summed E-state index contributed by atoms with van der Waals surface area (Å²) in [5, 5.41) is 5.53. The lowest BCUT2D eigenvalue weighted by molar-refractivity contribution is 0.620. The van der Waals surface area contributed by atoms with Crippen LogP contribution in [-0.4, -0.2) is 19.9 Å². The van der Waals surface area contributed by atoms with E-state index in [1.165, 1.54) is 16.3 Å². The van der Waals surface area contributed by atoms with Crippen molar-refractivity contribution in [3.05, 3.63) is 194 Å². The van der Waals surface area contributed by atoms with Crippen LogP contribution in [0.5, 0.6) is 0 Å². The minimum atomic E-state index is 0.587. The fourth-order valence-corrected chi connectivity index (χ4v) is 7.81. The van der Waals surface area contributed by atoms with Gasteiger partial charge in [-0.15, -0.1) is 0 Å². The molecular formula is C52H32N4O. The molecule has 5 nitrogen and oxygen atoms in total. The van der Waals surface area contributed by atoms with Crippen LogP contribution in [0.4, 0.5) is 0 Å². The summed E-state index contributed by atoms with van der Waals surface area (Å²) in [7, 11) is 0. The first-order chi connectivity index (χ1) is 28.2. The molecule has 8 aromatic carbocycles.